The smallest absolute Gasteiger partial charge is 0.238 e. The normalized spacial score (nSPS) is 11.3. The number of nitrogens with one attached hydrogen (secondary N) is 1. The van der Waals surface area contributed by atoms with Gasteiger partial charge < -0.3 is 5.32 Å². The molecule has 112 valence electrons. The van der Waals surface area contributed by atoms with Crippen LogP contribution in [0.25, 0.3) is 0 Å². The molecule has 0 fully saturated rings. The highest BCUT2D eigenvalue weighted by atomic mass is 32.2. The highest BCUT2D eigenvalue weighted by Crippen LogP contribution is 2.13. The Bertz CT molecular complexity index is 677. The lowest BCUT2D eigenvalue weighted by atomic mass is 10.1. The Morgan fingerprint density at radius 3 is 2.19 bits per heavy atom. The van der Waals surface area contributed by atoms with Gasteiger partial charge in [0.1, 0.15) is 0 Å². The maximum absolute atomic E-state index is 11.1. The summed E-state index contributed by atoms with van der Waals surface area (Å²) in [7, 11) is -3.61. The molecule has 0 spiro atoms. The minimum atomic E-state index is -3.61. The largest absolute Gasteiger partial charge is 0.385 e. The predicted octanol–water partition coefficient (Wildman–Crippen LogP) is 2.69. The fraction of sp³-hybridized carbons (Fsp3) is 0.250. The Kier molecular flexibility index (Phi) is 4.98. The minimum absolute atomic E-state index is 0.132. The van der Waals surface area contributed by atoms with Crippen LogP contribution in [0.4, 0.5) is 5.69 Å². The number of anilines is 1. The number of rotatable bonds is 6. The van der Waals surface area contributed by atoms with Gasteiger partial charge >= 0.3 is 0 Å². The zero-order chi connectivity index (χ0) is 15.3. The van der Waals surface area contributed by atoms with Crippen LogP contribution in [0.15, 0.2) is 53.4 Å². The third-order valence-electron chi connectivity index (χ3n) is 3.27. The highest BCUT2D eigenvalue weighted by Gasteiger charge is 2.06. The standard InChI is InChI=1S/C16H20N2O2S/c1-13-4-6-14(7-5-13)3-2-12-18-15-8-10-16(11-9-15)21(17,19)20/h4-11,18H,2-3,12H2,1H3,(H2,17,19,20). The molecule has 0 aromatic heterocycles. The molecule has 0 saturated carbocycles. The summed E-state index contributed by atoms with van der Waals surface area (Å²) in [5.41, 5.74) is 3.49. The van der Waals surface area contributed by atoms with Crippen molar-refractivity contribution in [1.29, 1.82) is 0 Å². The molecule has 5 heteroatoms. The topological polar surface area (TPSA) is 72.2 Å². The molecule has 3 N–H and O–H groups in total. The van der Waals surface area contributed by atoms with E-state index in [1.165, 1.54) is 23.3 Å². The van der Waals surface area contributed by atoms with E-state index in [2.05, 4.69) is 36.5 Å². The third kappa shape index (κ3) is 4.88. The van der Waals surface area contributed by atoms with Crippen LogP contribution in [0, 0.1) is 6.92 Å². The van der Waals surface area contributed by atoms with E-state index in [4.69, 9.17) is 5.14 Å². The Morgan fingerprint density at radius 2 is 1.62 bits per heavy atom. The molecule has 21 heavy (non-hydrogen) atoms. The lowest BCUT2D eigenvalue weighted by Gasteiger charge is -2.07. The van der Waals surface area contributed by atoms with E-state index < -0.39 is 10.0 Å². The minimum Gasteiger partial charge on any atom is -0.385 e. The van der Waals surface area contributed by atoms with E-state index in [1.54, 1.807) is 12.1 Å². The highest BCUT2D eigenvalue weighted by molar-refractivity contribution is 7.89. The second-order valence-electron chi connectivity index (χ2n) is 5.09. The molecule has 0 bridgehead atoms. The van der Waals surface area contributed by atoms with Crippen molar-refractivity contribution in [2.75, 3.05) is 11.9 Å². The molecule has 0 amide bonds. The lowest BCUT2D eigenvalue weighted by molar-refractivity contribution is 0.598. The molecule has 0 heterocycles. The zero-order valence-electron chi connectivity index (χ0n) is 12.0. The molecule has 0 saturated heterocycles. The van der Waals surface area contributed by atoms with Gasteiger partial charge in [0.15, 0.2) is 0 Å². The van der Waals surface area contributed by atoms with Crippen LogP contribution in [0.3, 0.4) is 0 Å². The van der Waals surface area contributed by atoms with E-state index in [1.807, 2.05) is 0 Å². The maximum Gasteiger partial charge on any atom is 0.238 e. The van der Waals surface area contributed by atoms with Gasteiger partial charge in [0.25, 0.3) is 0 Å². The van der Waals surface area contributed by atoms with Crippen LogP contribution in [-0.4, -0.2) is 15.0 Å². The van der Waals surface area contributed by atoms with E-state index in [0.29, 0.717) is 0 Å². The van der Waals surface area contributed by atoms with Crippen LogP contribution in [0.2, 0.25) is 0 Å². The fourth-order valence-electron chi connectivity index (χ4n) is 2.04. The summed E-state index contributed by atoms with van der Waals surface area (Å²) < 4.78 is 22.3. The van der Waals surface area contributed by atoms with E-state index in [0.717, 1.165) is 25.1 Å². The number of hydrogen-bond donors (Lipinski definition) is 2. The second-order valence-corrected chi connectivity index (χ2v) is 6.65. The number of nitrogens with two attached hydrogens (primary N) is 1. The number of aryl methyl sites for hydroxylation is 2. The average Bonchev–Trinajstić information content (AvgIpc) is 2.45. The fourth-order valence-corrected chi connectivity index (χ4v) is 2.56. The summed E-state index contributed by atoms with van der Waals surface area (Å²) in [4.78, 5) is 0.132. The van der Waals surface area contributed by atoms with Crippen molar-refractivity contribution in [2.24, 2.45) is 5.14 Å². The summed E-state index contributed by atoms with van der Waals surface area (Å²) in [6.07, 6.45) is 2.03. The summed E-state index contributed by atoms with van der Waals surface area (Å²) in [5, 5.41) is 8.32. The summed E-state index contributed by atoms with van der Waals surface area (Å²) in [5.74, 6) is 0. The first-order valence-electron chi connectivity index (χ1n) is 6.87. The van der Waals surface area contributed by atoms with E-state index in [9.17, 15) is 8.42 Å². The third-order valence-corrected chi connectivity index (χ3v) is 4.20. The quantitative estimate of drug-likeness (QED) is 0.806. The van der Waals surface area contributed by atoms with Gasteiger partial charge in [0.05, 0.1) is 4.90 Å². The van der Waals surface area contributed by atoms with Crippen LogP contribution in [-0.2, 0) is 16.4 Å². The summed E-state index contributed by atoms with van der Waals surface area (Å²) in [6, 6.07) is 15.0. The predicted molar refractivity (Wildman–Crippen MR) is 85.8 cm³/mol. The van der Waals surface area contributed by atoms with Gasteiger partial charge in [-0.05, 0) is 49.6 Å². The lowest BCUT2D eigenvalue weighted by Crippen LogP contribution is -2.12. The van der Waals surface area contributed by atoms with Gasteiger partial charge in [-0.1, -0.05) is 29.8 Å². The Morgan fingerprint density at radius 1 is 1.00 bits per heavy atom. The summed E-state index contributed by atoms with van der Waals surface area (Å²) >= 11 is 0. The molecule has 0 aliphatic carbocycles. The molecular formula is C16H20N2O2S. The first-order valence-corrected chi connectivity index (χ1v) is 8.42. The molecule has 0 aliphatic rings. The summed E-state index contributed by atoms with van der Waals surface area (Å²) in [6.45, 7) is 2.92. The number of hydrogen-bond acceptors (Lipinski definition) is 3. The number of benzene rings is 2. The zero-order valence-corrected chi connectivity index (χ0v) is 12.9. The first-order chi connectivity index (χ1) is 9.95. The monoisotopic (exact) mass is 304 g/mol. The molecule has 2 aromatic carbocycles. The van der Waals surface area contributed by atoms with Crippen LogP contribution >= 0.6 is 0 Å². The SMILES string of the molecule is Cc1ccc(CCCNc2ccc(S(N)(=O)=O)cc2)cc1. The Labute approximate surface area is 126 Å². The molecular weight excluding hydrogens is 284 g/mol. The van der Waals surface area contributed by atoms with Gasteiger partial charge in [0, 0.05) is 12.2 Å². The van der Waals surface area contributed by atoms with E-state index >= 15 is 0 Å². The second kappa shape index (κ2) is 6.74. The average molecular weight is 304 g/mol. The first kappa shape index (κ1) is 15.5. The number of primary sulfonamides is 1. The van der Waals surface area contributed by atoms with Gasteiger partial charge in [-0.3, -0.25) is 0 Å². The Balaban J connectivity index is 1.80. The van der Waals surface area contributed by atoms with Crippen molar-refractivity contribution in [2.45, 2.75) is 24.7 Å². The van der Waals surface area contributed by atoms with Crippen molar-refractivity contribution >= 4 is 15.7 Å². The van der Waals surface area contributed by atoms with Gasteiger partial charge in [-0.2, -0.15) is 0 Å². The maximum atomic E-state index is 11.1. The molecule has 4 nitrogen and oxygen atoms in total. The molecule has 0 atom stereocenters. The van der Waals surface area contributed by atoms with Crippen molar-refractivity contribution in [3.63, 3.8) is 0 Å². The molecule has 0 radical (unpaired) electrons. The van der Waals surface area contributed by atoms with Crippen LogP contribution < -0.4 is 10.5 Å². The van der Waals surface area contributed by atoms with Crippen molar-refractivity contribution in [3.8, 4) is 0 Å². The number of sulfonamides is 1. The van der Waals surface area contributed by atoms with Gasteiger partial charge in [-0.15, -0.1) is 0 Å². The van der Waals surface area contributed by atoms with Crippen LogP contribution in [0.1, 0.15) is 17.5 Å². The van der Waals surface area contributed by atoms with Crippen molar-refractivity contribution < 1.29 is 8.42 Å². The van der Waals surface area contributed by atoms with Crippen molar-refractivity contribution in [3.05, 3.63) is 59.7 Å². The molecule has 0 unspecified atom stereocenters. The van der Waals surface area contributed by atoms with E-state index in [-0.39, 0.29) is 4.90 Å². The Hall–Kier alpha value is -1.85. The molecule has 2 rings (SSSR count). The molecule has 0 aliphatic heterocycles. The van der Waals surface area contributed by atoms with Crippen LogP contribution in [0.5, 0.6) is 0 Å². The van der Waals surface area contributed by atoms with Gasteiger partial charge in [-0.25, -0.2) is 13.6 Å². The van der Waals surface area contributed by atoms with Gasteiger partial charge in [0.2, 0.25) is 10.0 Å². The molecule has 2 aromatic rings. The van der Waals surface area contributed by atoms with Crippen molar-refractivity contribution in [1.82, 2.24) is 0 Å².